The minimum absolute atomic E-state index is 0.284. The number of likely N-dealkylation sites (N-methyl/N-ethyl adjacent to an activating group) is 1. The Morgan fingerprint density at radius 1 is 0.929 bits per heavy atom. The first-order valence-electron chi connectivity index (χ1n) is 10.0. The smallest absolute Gasteiger partial charge is 0.140 e. The van der Waals surface area contributed by atoms with Crippen molar-refractivity contribution in [2.45, 2.75) is 6.04 Å². The van der Waals surface area contributed by atoms with E-state index in [4.69, 9.17) is 4.98 Å². The molecule has 28 heavy (non-hydrogen) atoms. The van der Waals surface area contributed by atoms with E-state index in [-0.39, 0.29) is 6.04 Å². The average Bonchev–Trinajstić information content (AvgIpc) is 3.15. The monoisotopic (exact) mass is 375 g/mol. The zero-order valence-corrected chi connectivity index (χ0v) is 16.8. The van der Waals surface area contributed by atoms with Gasteiger partial charge < -0.3 is 14.8 Å². The molecule has 1 aliphatic rings. The number of hydrogen-bond acceptors (Lipinski definition) is 4. The molecule has 0 aliphatic carbocycles. The van der Waals surface area contributed by atoms with Gasteiger partial charge in [-0.15, -0.1) is 0 Å². The lowest BCUT2D eigenvalue weighted by Gasteiger charge is -2.39. The molecule has 0 bridgehead atoms. The number of anilines is 1. The van der Waals surface area contributed by atoms with E-state index in [2.05, 4.69) is 87.5 Å². The average molecular weight is 376 g/mol. The van der Waals surface area contributed by atoms with Crippen molar-refractivity contribution in [3.05, 3.63) is 72.6 Å². The van der Waals surface area contributed by atoms with Crippen LogP contribution >= 0.6 is 0 Å². The summed E-state index contributed by atoms with van der Waals surface area (Å²) in [6.45, 7) is 5.07. The van der Waals surface area contributed by atoms with Crippen molar-refractivity contribution in [3.63, 3.8) is 0 Å². The largest absolute Gasteiger partial charge is 0.369 e. The van der Waals surface area contributed by atoms with Gasteiger partial charge in [0, 0.05) is 57.2 Å². The Labute approximate surface area is 167 Å². The number of imidazole rings is 1. The fourth-order valence-corrected chi connectivity index (χ4v) is 4.05. The van der Waals surface area contributed by atoms with Crippen molar-refractivity contribution >= 4 is 5.69 Å². The molecule has 0 radical (unpaired) electrons. The second-order valence-electron chi connectivity index (χ2n) is 7.40. The SMILES string of the molecule is CNCC(c1cn(C)c(-c2ccccc2)n1)N1CCN(c2ccccc2)CC1. The Hall–Kier alpha value is -2.63. The molecule has 1 aromatic heterocycles. The Morgan fingerprint density at radius 2 is 1.57 bits per heavy atom. The van der Waals surface area contributed by atoms with Crippen molar-refractivity contribution in [1.82, 2.24) is 19.8 Å². The third-order valence-electron chi connectivity index (χ3n) is 5.54. The van der Waals surface area contributed by atoms with Gasteiger partial charge in [-0.25, -0.2) is 4.98 Å². The summed E-state index contributed by atoms with van der Waals surface area (Å²) in [5.41, 5.74) is 3.62. The van der Waals surface area contributed by atoms with E-state index < -0.39 is 0 Å². The van der Waals surface area contributed by atoms with Crippen LogP contribution < -0.4 is 10.2 Å². The molecular formula is C23H29N5. The highest BCUT2D eigenvalue weighted by Crippen LogP contribution is 2.26. The molecule has 2 aromatic carbocycles. The first kappa shape index (κ1) is 18.7. The number of nitrogens with one attached hydrogen (secondary N) is 1. The van der Waals surface area contributed by atoms with Gasteiger partial charge in [0.15, 0.2) is 0 Å². The van der Waals surface area contributed by atoms with Gasteiger partial charge in [0.2, 0.25) is 0 Å². The van der Waals surface area contributed by atoms with Gasteiger partial charge in [-0.2, -0.15) is 0 Å². The van der Waals surface area contributed by atoms with Crippen molar-refractivity contribution in [3.8, 4) is 11.4 Å². The van der Waals surface area contributed by atoms with E-state index in [0.29, 0.717) is 0 Å². The van der Waals surface area contributed by atoms with Gasteiger partial charge in [0.1, 0.15) is 5.82 Å². The summed E-state index contributed by atoms with van der Waals surface area (Å²) < 4.78 is 2.15. The van der Waals surface area contributed by atoms with Crippen LogP contribution in [-0.2, 0) is 7.05 Å². The van der Waals surface area contributed by atoms with E-state index in [1.165, 1.54) is 5.69 Å². The molecule has 1 saturated heterocycles. The summed E-state index contributed by atoms with van der Waals surface area (Å²) in [6.07, 6.45) is 2.19. The summed E-state index contributed by atoms with van der Waals surface area (Å²) in [6, 6.07) is 21.4. The molecular weight excluding hydrogens is 346 g/mol. The molecule has 5 heteroatoms. The number of aromatic nitrogens is 2. The summed E-state index contributed by atoms with van der Waals surface area (Å²) in [5, 5.41) is 3.37. The second-order valence-corrected chi connectivity index (χ2v) is 7.40. The standard InChI is InChI=1S/C23H29N5/c1-24-17-22(21-18-26(2)23(25-21)19-9-5-3-6-10-19)28-15-13-27(14-16-28)20-11-7-4-8-12-20/h3-12,18,22,24H,13-17H2,1-2H3. The number of hydrogen-bond donors (Lipinski definition) is 1. The fourth-order valence-electron chi connectivity index (χ4n) is 4.05. The Kier molecular flexibility index (Phi) is 5.74. The Morgan fingerprint density at radius 3 is 2.21 bits per heavy atom. The van der Waals surface area contributed by atoms with Crippen molar-refractivity contribution in [2.24, 2.45) is 7.05 Å². The van der Waals surface area contributed by atoms with Crippen LogP contribution in [0.3, 0.4) is 0 Å². The lowest BCUT2D eigenvalue weighted by molar-refractivity contribution is 0.181. The van der Waals surface area contributed by atoms with Gasteiger partial charge >= 0.3 is 0 Å². The van der Waals surface area contributed by atoms with Crippen molar-refractivity contribution in [2.75, 3.05) is 44.7 Å². The summed E-state index contributed by atoms with van der Waals surface area (Å²) >= 11 is 0. The molecule has 1 fully saturated rings. The number of piperazine rings is 1. The number of nitrogens with zero attached hydrogens (tertiary/aromatic N) is 4. The lowest BCUT2D eigenvalue weighted by atomic mass is 10.1. The first-order chi connectivity index (χ1) is 13.8. The van der Waals surface area contributed by atoms with Gasteiger partial charge in [-0.05, 0) is 19.2 Å². The Balaban J connectivity index is 1.51. The maximum Gasteiger partial charge on any atom is 0.140 e. The third-order valence-corrected chi connectivity index (χ3v) is 5.54. The summed E-state index contributed by atoms with van der Waals surface area (Å²) in [5.74, 6) is 1.03. The molecule has 4 rings (SSSR count). The van der Waals surface area contributed by atoms with Crippen molar-refractivity contribution < 1.29 is 0 Å². The zero-order chi connectivity index (χ0) is 19.3. The van der Waals surface area contributed by atoms with Crippen LogP contribution in [0.1, 0.15) is 11.7 Å². The maximum atomic E-state index is 5.02. The Bertz CT molecular complexity index is 867. The van der Waals surface area contributed by atoms with Crippen LogP contribution in [0.25, 0.3) is 11.4 Å². The van der Waals surface area contributed by atoms with Gasteiger partial charge in [-0.3, -0.25) is 4.90 Å². The third kappa shape index (κ3) is 3.96. The van der Waals surface area contributed by atoms with Gasteiger partial charge in [0.25, 0.3) is 0 Å². The topological polar surface area (TPSA) is 36.3 Å². The highest BCUT2D eigenvalue weighted by Gasteiger charge is 2.27. The summed E-state index contributed by atoms with van der Waals surface area (Å²) in [4.78, 5) is 10.1. The molecule has 2 heterocycles. The van der Waals surface area contributed by atoms with Gasteiger partial charge in [-0.1, -0.05) is 48.5 Å². The molecule has 5 nitrogen and oxygen atoms in total. The number of aryl methyl sites for hydroxylation is 1. The lowest BCUT2D eigenvalue weighted by Crippen LogP contribution is -2.49. The molecule has 1 aliphatic heterocycles. The van der Waals surface area contributed by atoms with Crippen LogP contribution in [0.4, 0.5) is 5.69 Å². The highest BCUT2D eigenvalue weighted by molar-refractivity contribution is 5.55. The van der Waals surface area contributed by atoms with Crippen LogP contribution in [0, 0.1) is 0 Å². The molecule has 1 N–H and O–H groups in total. The molecule has 0 amide bonds. The number of para-hydroxylation sites is 1. The molecule has 146 valence electrons. The molecule has 1 atom stereocenters. The predicted octanol–water partition coefficient (Wildman–Crippen LogP) is 3.17. The molecule has 1 unspecified atom stereocenters. The van der Waals surface area contributed by atoms with Gasteiger partial charge in [0.05, 0.1) is 11.7 Å². The van der Waals surface area contributed by atoms with Crippen LogP contribution in [-0.4, -0.2) is 54.2 Å². The fraction of sp³-hybridized carbons (Fsp3) is 0.348. The van der Waals surface area contributed by atoms with E-state index in [1.807, 2.05) is 13.1 Å². The van der Waals surface area contributed by atoms with E-state index >= 15 is 0 Å². The highest BCUT2D eigenvalue weighted by atomic mass is 15.3. The van der Waals surface area contributed by atoms with Crippen LogP contribution in [0.2, 0.25) is 0 Å². The quantitative estimate of drug-likeness (QED) is 0.718. The second kappa shape index (κ2) is 8.59. The maximum absolute atomic E-state index is 5.02. The minimum Gasteiger partial charge on any atom is -0.369 e. The first-order valence-corrected chi connectivity index (χ1v) is 10.0. The van der Waals surface area contributed by atoms with E-state index in [1.54, 1.807) is 0 Å². The number of rotatable bonds is 6. The van der Waals surface area contributed by atoms with Crippen LogP contribution in [0.5, 0.6) is 0 Å². The minimum atomic E-state index is 0.284. The van der Waals surface area contributed by atoms with E-state index in [0.717, 1.165) is 49.8 Å². The molecule has 3 aromatic rings. The van der Waals surface area contributed by atoms with Crippen LogP contribution in [0.15, 0.2) is 66.9 Å². The zero-order valence-electron chi connectivity index (χ0n) is 16.8. The normalized spacial score (nSPS) is 16.3. The molecule has 0 spiro atoms. The number of benzene rings is 2. The van der Waals surface area contributed by atoms with Crippen molar-refractivity contribution in [1.29, 1.82) is 0 Å². The summed E-state index contributed by atoms with van der Waals surface area (Å²) in [7, 11) is 4.11. The molecule has 0 saturated carbocycles. The predicted molar refractivity (Wildman–Crippen MR) is 116 cm³/mol. The van der Waals surface area contributed by atoms with E-state index in [9.17, 15) is 0 Å².